The molecule has 2 heterocycles. The maximum atomic E-state index is 13.2. The molecule has 1 aliphatic rings. The van der Waals surface area contributed by atoms with E-state index < -0.39 is 16.1 Å². The number of benzene rings is 3. The van der Waals surface area contributed by atoms with E-state index in [1.54, 1.807) is 36.7 Å². The molecule has 0 bridgehead atoms. The van der Waals surface area contributed by atoms with Crippen molar-refractivity contribution in [3.8, 4) is 11.5 Å². The summed E-state index contributed by atoms with van der Waals surface area (Å²) in [4.78, 5) is 0.322. The normalized spacial score (nSPS) is 15.0. The lowest BCUT2D eigenvalue weighted by Crippen LogP contribution is -2.34. The molecule has 2 N–H and O–H groups in total. The van der Waals surface area contributed by atoms with Gasteiger partial charge in [-0.25, -0.2) is 8.42 Å². The minimum Gasteiger partial charge on any atom is -0.497 e. The number of aliphatic hydroxyl groups excluding tert-OH is 1. The topological polar surface area (TPSA) is 93.0 Å². The third kappa shape index (κ3) is 5.98. The second-order valence-corrected chi connectivity index (χ2v) is 12.3. The van der Waals surface area contributed by atoms with Gasteiger partial charge in [0.25, 0.3) is 0 Å². The Morgan fingerprint density at radius 2 is 1.66 bits per heavy atom. The average Bonchev–Trinajstić information content (AvgIpc) is 3.26. The van der Waals surface area contributed by atoms with Gasteiger partial charge in [0.05, 0.1) is 31.8 Å². The first-order valence-electron chi connectivity index (χ1n) is 13.7. The van der Waals surface area contributed by atoms with Gasteiger partial charge in [0.15, 0.2) is 0 Å². The predicted octanol–water partition coefficient (Wildman–Crippen LogP) is 5.23. The first kappa shape index (κ1) is 28.7. The summed E-state index contributed by atoms with van der Waals surface area (Å²) in [5.41, 5.74) is 6.16. The number of hydrogen-bond acceptors (Lipinski definition) is 6. The molecule has 8 nitrogen and oxygen atoms in total. The molecule has 0 aliphatic carbocycles. The highest BCUT2D eigenvalue weighted by molar-refractivity contribution is 7.89. The number of sulfonamides is 1. The van der Waals surface area contributed by atoms with Crippen molar-refractivity contribution in [2.75, 3.05) is 39.2 Å². The minimum absolute atomic E-state index is 0.320. The number of nitrogens with one attached hydrogen (secondary N) is 1. The number of aryl methyl sites for hydroxylation is 1. The van der Waals surface area contributed by atoms with Crippen molar-refractivity contribution in [3.05, 3.63) is 89.6 Å². The van der Waals surface area contributed by atoms with Crippen LogP contribution in [0.5, 0.6) is 11.5 Å². The number of rotatable bonds is 10. The average molecular weight is 576 g/mol. The number of anilines is 1. The maximum absolute atomic E-state index is 13.2. The zero-order valence-corrected chi connectivity index (χ0v) is 24.7. The van der Waals surface area contributed by atoms with Crippen LogP contribution in [0.1, 0.15) is 23.2 Å². The van der Waals surface area contributed by atoms with Crippen LogP contribution in [0, 0.1) is 13.8 Å². The van der Waals surface area contributed by atoms with Crippen LogP contribution in [0.4, 0.5) is 5.69 Å². The molecule has 41 heavy (non-hydrogen) atoms. The quantitative estimate of drug-likeness (QED) is 0.269. The Morgan fingerprint density at radius 1 is 0.976 bits per heavy atom. The summed E-state index contributed by atoms with van der Waals surface area (Å²) in [6, 6.07) is 20.7. The number of nitrogens with zero attached hydrogens (tertiary/aromatic N) is 2. The second kappa shape index (κ2) is 12.0. The van der Waals surface area contributed by atoms with E-state index >= 15 is 0 Å². The van der Waals surface area contributed by atoms with Gasteiger partial charge in [0, 0.05) is 65.7 Å². The standard InChI is InChI=1S/C32H37N3O5S/c1-22-9-11-29(12-10-22)41(37,38)34-15-13-24(14-16-34)32-23(2)35(31-8-6-5-7-30(31)32)21-26(36)20-33-25-17-27(39-3)19-28(18-25)40-4/h5-13,17-19,26,33,36H,14-16,20-21H2,1-4H3/t26-/m1/s1. The van der Waals surface area contributed by atoms with Gasteiger partial charge < -0.3 is 24.5 Å². The third-order valence-electron chi connectivity index (χ3n) is 7.67. The van der Waals surface area contributed by atoms with E-state index in [2.05, 4.69) is 28.9 Å². The highest BCUT2D eigenvalue weighted by Crippen LogP contribution is 2.35. The van der Waals surface area contributed by atoms with Crippen LogP contribution in [0.3, 0.4) is 0 Å². The van der Waals surface area contributed by atoms with E-state index in [-0.39, 0.29) is 0 Å². The Labute approximate surface area is 241 Å². The summed E-state index contributed by atoms with van der Waals surface area (Å²) in [7, 11) is -0.350. The van der Waals surface area contributed by atoms with Gasteiger partial charge in [-0.2, -0.15) is 4.31 Å². The molecule has 4 aromatic rings. The van der Waals surface area contributed by atoms with Gasteiger partial charge in [-0.3, -0.25) is 0 Å². The number of fused-ring (bicyclic) bond motifs is 1. The third-order valence-corrected chi connectivity index (χ3v) is 9.55. The van der Waals surface area contributed by atoms with E-state index in [0.717, 1.165) is 39.0 Å². The van der Waals surface area contributed by atoms with E-state index in [1.165, 1.54) is 0 Å². The maximum Gasteiger partial charge on any atom is 0.243 e. The fourth-order valence-corrected chi connectivity index (χ4v) is 6.83. The number of ether oxygens (including phenoxy) is 2. The summed E-state index contributed by atoms with van der Waals surface area (Å²) in [5, 5.41) is 15.4. The fourth-order valence-electron chi connectivity index (χ4n) is 5.45. The molecule has 5 rings (SSSR count). The van der Waals surface area contributed by atoms with Crippen molar-refractivity contribution in [3.63, 3.8) is 0 Å². The molecular weight excluding hydrogens is 538 g/mol. The van der Waals surface area contributed by atoms with Crippen LogP contribution >= 0.6 is 0 Å². The molecule has 0 fully saturated rings. The van der Waals surface area contributed by atoms with Gasteiger partial charge in [0.2, 0.25) is 10.0 Å². The Balaban J connectivity index is 1.35. The lowest BCUT2D eigenvalue weighted by Gasteiger charge is -2.26. The molecule has 0 amide bonds. The monoisotopic (exact) mass is 575 g/mol. The van der Waals surface area contributed by atoms with E-state index in [9.17, 15) is 13.5 Å². The zero-order chi connectivity index (χ0) is 29.1. The van der Waals surface area contributed by atoms with Crippen molar-refractivity contribution in [2.45, 2.75) is 37.8 Å². The number of hydrogen-bond donors (Lipinski definition) is 2. The molecular formula is C32H37N3O5S. The van der Waals surface area contributed by atoms with Crippen molar-refractivity contribution in [1.29, 1.82) is 0 Å². The fraction of sp³-hybridized carbons (Fsp3) is 0.312. The summed E-state index contributed by atoms with van der Waals surface area (Å²) in [6.07, 6.45) is 1.98. The molecule has 1 aromatic heterocycles. The van der Waals surface area contributed by atoms with Crippen LogP contribution in [0.25, 0.3) is 16.5 Å². The Hall–Kier alpha value is -3.79. The lowest BCUT2D eigenvalue weighted by atomic mass is 9.97. The van der Waals surface area contributed by atoms with Crippen molar-refractivity contribution >= 4 is 32.2 Å². The first-order chi connectivity index (χ1) is 19.7. The van der Waals surface area contributed by atoms with Crippen LogP contribution in [0.2, 0.25) is 0 Å². The van der Waals surface area contributed by atoms with Crippen molar-refractivity contribution in [1.82, 2.24) is 8.87 Å². The Bertz CT molecular complexity index is 1650. The molecule has 0 unspecified atom stereocenters. The Kier molecular flexibility index (Phi) is 8.40. The van der Waals surface area contributed by atoms with Gasteiger partial charge in [-0.15, -0.1) is 0 Å². The minimum atomic E-state index is -3.56. The van der Waals surface area contributed by atoms with E-state index in [0.29, 0.717) is 49.0 Å². The second-order valence-electron chi connectivity index (χ2n) is 10.4. The smallest absolute Gasteiger partial charge is 0.243 e. The first-order valence-corrected chi connectivity index (χ1v) is 15.1. The molecule has 0 spiro atoms. The highest BCUT2D eigenvalue weighted by Gasteiger charge is 2.28. The Morgan fingerprint density at radius 3 is 2.29 bits per heavy atom. The van der Waals surface area contributed by atoms with Gasteiger partial charge in [0.1, 0.15) is 11.5 Å². The number of aromatic nitrogens is 1. The predicted molar refractivity (Wildman–Crippen MR) is 163 cm³/mol. The zero-order valence-electron chi connectivity index (χ0n) is 23.9. The molecule has 1 aliphatic heterocycles. The number of methoxy groups -OCH3 is 2. The SMILES string of the molecule is COc1cc(NC[C@@H](O)Cn2c(C)c(C3=CCN(S(=O)(=O)c4ccc(C)cc4)CC3)c3ccccc32)cc(OC)c1. The van der Waals surface area contributed by atoms with Gasteiger partial charge in [-0.1, -0.05) is 42.0 Å². The lowest BCUT2D eigenvalue weighted by molar-refractivity contribution is 0.167. The van der Waals surface area contributed by atoms with Gasteiger partial charge >= 0.3 is 0 Å². The van der Waals surface area contributed by atoms with Gasteiger partial charge in [-0.05, 0) is 44.0 Å². The molecule has 3 aromatic carbocycles. The van der Waals surface area contributed by atoms with Crippen LogP contribution in [-0.4, -0.2) is 62.4 Å². The molecule has 216 valence electrons. The molecule has 0 radical (unpaired) electrons. The number of aliphatic hydroxyl groups is 1. The van der Waals surface area contributed by atoms with Crippen molar-refractivity contribution < 1.29 is 23.0 Å². The number of para-hydroxylation sites is 1. The molecule has 9 heteroatoms. The summed E-state index contributed by atoms with van der Waals surface area (Å²) >= 11 is 0. The molecule has 0 saturated heterocycles. The summed E-state index contributed by atoms with van der Waals surface area (Å²) in [5.74, 6) is 1.34. The largest absolute Gasteiger partial charge is 0.497 e. The van der Waals surface area contributed by atoms with Crippen LogP contribution < -0.4 is 14.8 Å². The van der Waals surface area contributed by atoms with Crippen LogP contribution in [0.15, 0.2) is 77.7 Å². The summed E-state index contributed by atoms with van der Waals surface area (Å²) < 4.78 is 40.8. The molecule has 0 saturated carbocycles. The highest BCUT2D eigenvalue weighted by atomic mass is 32.2. The van der Waals surface area contributed by atoms with Crippen LogP contribution in [-0.2, 0) is 16.6 Å². The van der Waals surface area contributed by atoms with E-state index in [4.69, 9.17) is 9.47 Å². The van der Waals surface area contributed by atoms with Crippen molar-refractivity contribution in [2.24, 2.45) is 0 Å². The van der Waals surface area contributed by atoms with E-state index in [1.807, 2.05) is 49.4 Å². The molecule has 1 atom stereocenters. The summed E-state index contributed by atoms with van der Waals surface area (Å²) in [6.45, 7) is 5.49.